The maximum absolute atomic E-state index is 13.4. The number of hydrogen-bond donors (Lipinski definition) is 0. The molecule has 1 heterocycles. The molecule has 9 heteroatoms. The summed E-state index contributed by atoms with van der Waals surface area (Å²) < 4.78 is 83.9. The molecule has 2 aromatic rings. The largest absolute Gasteiger partial charge is 0.469 e. The normalized spacial score (nSPS) is 20.2. The predicted octanol–water partition coefficient (Wildman–Crippen LogP) is 6.24. The number of piperidine rings is 1. The summed E-state index contributed by atoms with van der Waals surface area (Å²) in [4.78, 5) is 13.6. The Hall–Kier alpha value is -2.55. The summed E-state index contributed by atoms with van der Waals surface area (Å²) in [7, 11) is 1.28. The number of alkyl halides is 6. The van der Waals surface area contributed by atoms with Crippen LogP contribution in [0.1, 0.15) is 47.6 Å². The molecule has 0 unspecified atom stereocenters. The second-order valence-electron chi connectivity index (χ2n) is 7.93. The molecule has 0 saturated carbocycles. The first kappa shape index (κ1) is 24.1. The number of halogens is 6. The Kier molecular flexibility index (Phi) is 7.17. The molecule has 1 fully saturated rings. The van der Waals surface area contributed by atoms with E-state index in [9.17, 15) is 31.1 Å². The van der Waals surface area contributed by atoms with Crippen molar-refractivity contribution in [2.75, 3.05) is 13.7 Å². The number of methoxy groups -OCH3 is 1. The van der Waals surface area contributed by atoms with Gasteiger partial charge in [-0.05, 0) is 54.6 Å². The van der Waals surface area contributed by atoms with Crippen molar-refractivity contribution in [2.45, 2.75) is 44.2 Å². The molecule has 0 radical (unpaired) electrons. The summed E-state index contributed by atoms with van der Waals surface area (Å²) in [6.45, 7) is 0.395. The second kappa shape index (κ2) is 9.52. The molecule has 0 amide bonds. The fourth-order valence-corrected chi connectivity index (χ4v) is 4.18. The summed E-state index contributed by atoms with van der Waals surface area (Å²) in [5, 5.41) is 0. The number of ether oxygens (including phenoxy) is 1. The lowest BCUT2D eigenvalue weighted by Gasteiger charge is -2.40. The third kappa shape index (κ3) is 5.82. The van der Waals surface area contributed by atoms with Gasteiger partial charge in [-0.15, -0.1) is 0 Å². The van der Waals surface area contributed by atoms with E-state index in [0.29, 0.717) is 24.9 Å². The highest BCUT2D eigenvalue weighted by atomic mass is 19.4. The van der Waals surface area contributed by atoms with Crippen LogP contribution in [-0.4, -0.2) is 24.5 Å². The molecule has 32 heavy (non-hydrogen) atoms. The van der Waals surface area contributed by atoms with Crippen LogP contribution >= 0.6 is 0 Å². The maximum Gasteiger partial charge on any atom is 0.416 e. The number of carbonyl (C=O) groups excluding carboxylic acids is 1. The molecule has 0 N–H and O–H groups in total. The van der Waals surface area contributed by atoms with Gasteiger partial charge in [0.1, 0.15) is 0 Å². The third-order valence-corrected chi connectivity index (χ3v) is 5.82. The van der Waals surface area contributed by atoms with Gasteiger partial charge in [0.15, 0.2) is 0 Å². The first-order valence-electron chi connectivity index (χ1n) is 10.1. The minimum Gasteiger partial charge on any atom is -0.469 e. The third-order valence-electron chi connectivity index (χ3n) is 5.82. The van der Waals surface area contributed by atoms with E-state index in [4.69, 9.17) is 4.74 Å². The van der Waals surface area contributed by atoms with Crippen LogP contribution in [0.5, 0.6) is 0 Å². The zero-order valence-corrected chi connectivity index (χ0v) is 17.3. The van der Waals surface area contributed by atoms with Crippen LogP contribution in [-0.2, 0) is 28.4 Å². The van der Waals surface area contributed by atoms with E-state index >= 15 is 0 Å². The van der Waals surface area contributed by atoms with E-state index < -0.39 is 35.5 Å². The van der Waals surface area contributed by atoms with Crippen molar-refractivity contribution in [3.05, 3.63) is 70.8 Å². The Morgan fingerprint density at radius 3 is 2.25 bits per heavy atom. The van der Waals surface area contributed by atoms with Gasteiger partial charge < -0.3 is 4.74 Å². The van der Waals surface area contributed by atoms with Gasteiger partial charge >= 0.3 is 18.3 Å². The van der Waals surface area contributed by atoms with E-state index in [1.54, 1.807) is 0 Å². The molecule has 3 nitrogen and oxygen atoms in total. The predicted molar refractivity (Wildman–Crippen MR) is 105 cm³/mol. The summed E-state index contributed by atoms with van der Waals surface area (Å²) in [6.07, 6.45) is -7.84. The van der Waals surface area contributed by atoms with E-state index in [1.807, 2.05) is 4.90 Å². The summed E-state index contributed by atoms with van der Waals surface area (Å²) >= 11 is 0. The SMILES string of the molecule is COC(=O)C[C@H]1CCN(Cc2ccccc2C(F)(F)F)[C@@H](c2ccc(C(F)(F)F)cc2)C1. The summed E-state index contributed by atoms with van der Waals surface area (Å²) in [5.41, 5.74) is -0.861. The monoisotopic (exact) mass is 459 g/mol. The molecule has 1 aliphatic heterocycles. The van der Waals surface area contributed by atoms with Gasteiger partial charge in [-0.25, -0.2) is 0 Å². The van der Waals surface area contributed by atoms with Gasteiger partial charge in [0.25, 0.3) is 0 Å². The first-order chi connectivity index (χ1) is 15.0. The maximum atomic E-state index is 13.4. The minimum absolute atomic E-state index is 0.00762. The van der Waals surface area contributed by atoms with Gasteiger partial charge in [0, 0.05) is 19.0 Å². The lowest BCUT2D eigenvalue weighted by Crippen LogP contribution is -2.37. The van der Waals surface area contributed by atoms with E-state index in [0.717, 1.165) is 18.2 Å². The number of rotatable bonds is 5. The van der Waals surface area contributed by atoms with Crippen LogP contribution in [0.4, 0.5) is 26.3 Å². The number of esters is 1. The van der Waals surface area contributed by atoms with E-state index in [1.165, 1.54) is 37.4 Å². The van der Waals surface area contributed by atoms with Gasteiger partial charge in [0.2, 0.25) is 0 Å². The molecule has 1 aliphatic rings. The lowest BCUT2D eigenvalue weighted by molar-refractivity contribution is -0.142. The molecule has 2 atom stereocenters. The standard InChI is InChI=1S/C23H23F6NO2/c1-32-21(31)13-15-10-11-30(14-17-4-2-3-5-19(17)23(27,28)29)20(12-15)16-6-8-18(9-7-16)22(24,25)26/h2-9,15,20H,10-14H2,1H3/t15-,20+/m0/s1. The molecular weight excluding hydrogens is 436 g/mol. The average Bonchev–Trinajstić information content (AvgIpc) is 2.74. The molecule has 2 aromatic carbocycles. The van der Waals surface area contributed by atoms with Crippen LogP contribution in [0, 0.1) is 5.92 Å². The van der Waals surface area contributed by atoms with Crippen LogP contribution in [0.3, 0.4) is 0 Å². The average molecular weight is 459 g/mol. The van der Waals surface area contributed by atoms with Crippen molar-refractivity contribution >= 4 is 5.97 Å². The molecule has 174 valence electrons. The zero-order chi connectivity index (χ0) is 23.5. The van der Waals surface area contributed by atoms with Crippen molar-refractivity contribution in [1.82, 2.24) is 4.90 Å². The smallest absolute Gasteiger partial charge is 0.416 e. The van der Waals surface area contributed by atoms with Crippen LogP contribution in [0.2, 0.25) is 0 Å². The molecule has 0 aromatic heterocycles. The van der Waals surface area contributed by atoms with Crippen LogP contribution in [0.25, 0.3) is 0 Å². The Labute approximate surface area is 182 Å². The van der Waals surface area contributed by atoms with E-state index in [2.05, 4.69) is 0 Å². The molecular formula is C23H23F6NO2. The quantitative estimate of drug-likeness (QED) is 0.392. The van der Waals surface area contributed by atoms with Gasteiger partial charge in [-0.2, -0.15) is 26.3 Å². The molecule has 0 spiro atoms. The van der Waals surface area contributed by atoms with Crippen molar-refractivity contribution in [1.29, 1.82) is 0 Å². The number of nitrogens with zero attached hydrogens (tertiary/aromatic N) is 1. The number of hydrogen-bond acceptors (Lipinski definition) is 3. The summed E-state index contributed by atoms with van der Waals surface area (Å²) in [5.74, 6) is -0.471. The van der Waals surface area contributed by atoms with Crippen LogP contribution < -0.4 is 0 Å². The van der Waals surface area contributed by atoms with Crippen LogP contribution in [0.15, 0.2) is 48.5 Å². The Bertz CT molecular complexity index is 923. The number of benzene rings is 2. The molecule has 3 rings (SSSR count). The van der Waals surface area contributed by atoms with Gasteiger partial charge in [-0.1, -0.05) is 30.3 Å². The topological polar surface area (TPSA) is 29.5 Å². The highest BCUT2D eigenvalue weighted by Crippen LogP contribution is 2.40. The van der Waals surface area contributed by atoms with Crippen molar-refractivity contribution < 1.29 is 35.9 Å². The number of carbonyl (C=O) groups is 1. The fraction of sp³-hybridized carbons (Fsp3) is 0.435. The van der Waals surface area contributed by atoms with Crippen molar-refractivity contribution in [2.24, 2.45) is 5.92 Å². The minimum atomic E-state index is -4.51. The second-order valence-corrected chi connectivity index (χ2v) is 7.93. The summed E-state index contributed by atoms with van der Waals surface area (Å²) in [6, 6.07) is 9.51. The highest BCUT2D eigenvalue weighted by molar-refractivity contribution is 5.69. The van der Waals surface area contributed by atoms with Crippen molar-refractivity contribution in [3.8, 4) is 0 Å². The lowest BCUT2D eigenvalue weighted by atomic mass is 9.84. The van der Waals surface area contributed by atoms with Crippen molar-refractivity contribution in [3.63, 3.8) is 0 Å². The Morgan fingerprint density at radius 1 is 1.00 bits per heavy atom. The van der Waals surface area contributed by atoms with Gasteiger partial charge in [0.05, 0.1) is 18.2 Å². The molecule has 0 bridgehead atoms. The zero-order valence-electron chi connectivity index (χ0n) is 17.3. The Morgan fingerprint density at radius 2 is 1.66 bits per heavy atom. The molecule has 1 saturated heterocycles. The van der Waals surface area contributed by atoms with E-state index in [-0.39, 0.29) is 24.4 Å². The fourth-order valence-electron chi connectivity index (χ4n) is 4.18. The molecule has 0 aliphatic carbocycles. The Balaban J connectivity index is 1.90. The number of likely N-dealkylation sites (tertiary alicyclic amines) is 1. The first-order valence-corrected chi connectivity index (χ1v) is 10.1. The highest BCUT2D eigenvalue weighted by Gasteiger charge is 2.36. The van der Waals surface area contributed by atoms with Gasteiger partial charge in [-0.3, -0.25) is 9.69 Å².